The van der Waals surface area contributed by atoms with Crippen molar-refractivity contribution in [3.8, 4) is 11.8 Å². The Bertz CT molecular complexity index is 466. The van der Waals surface area contributed by atoms with Crippen LogP contribution in [0, 0.1) is 17.1 Å². The molecule has 0 fully saturated rings. The zero-order valence-electron chi connectivity index (χ0n) is 9.62. The van der Waals surface area contributed by atoms with Gasteiger partial charge in [-0.2, -0.15) is 5.26 Å². The highest BCUT2D eigenvalue weighted by Gasteiger charge is 2.16. The molecule has 1 rings (SSSR count). The van der Waals surface area contributed by atoms with E-state index in [1.807, 2.05) is 0 Å². The summed E-state index contributed by atoms with van der Waals surface area (Å²) in [5.41, 5.74) is -0.0740. The van der Waals surface area contributed by atoms with E-state index < -0.39 is 11.8 Å². The topological polar surface area (TPSA) is 59.3 Å². The molecule has 5 heteroatoms. The molecule has 0 aromatic heterocycles. The van der Waals surface area contributed by atoms with Gasteiger partial charge in [-0.25, -0.2) is 4.39 Å². The van der Waals surface area contributed by atoms with Crippen molar-refractivity contribution in [1.82, 2.24) is 0 Å². The second-order valence-electron chi connectivity index (χ2n) is 3.21. The fraction of sp³-hybridized carbons (Fsp3) is 0.333. The lowest BCUT2D eigenvalue weighted by Gasteiger charge is -2.07. The van der Waals surface area contributed by atoms with Crippen LogP contribution in [0.3, 0.4) is 0 Å². The standard InChI is InChI=1S/C12H12FNO3/c1-3-17-11(15)6-8-4-5-10(16-2)9(7-14)12(8)13/h4-5H,3,6H2,1-2H3. The average Bonchev–Trinajstić information content (AvgIpc) is 2.31. The van der Waals surface area contributed by atoms with Crippen molar-refractivity contribution in [2.24, 2.45) is 0 Å². The summed E-state index contributed by atoms with van der Waals surface area (Å²) in [6.07, 6.45) is -0.196. The first-order chi connectivity index (χ1) is 8.13. The maximum atomic E-state index is 13.8. The number of carbonyl (C=O) groups is 1. The number of benzene rings is 1. The average molecular weight is 237 g/mol. The number of nitrogens with zero attached hydrogens (tertiary/aromatic N) is 1. The second-order valence-corrected chi connectivity index (χ2v) is 3.21. The lowest BCUT2D eigenvalue weighted by Crippen LogP contribution is -2.09. The lowest BCUT2D eigenvalue weighted by molar-refractivity contribution is -0.142. The van der Waals surface area contributed by atoms with Crippen LogP contribution in [-0.2, 0) is 16.0 Å². The molecule has 0 spiro atoms. The molecular weight excluding hydrogens is 225 g/mol. The van der Waals surface area contributed by atoms with Crippen molar-refractivity contribution in [2.45, 2.75) is 13.3 Å². The third-order valence-corrected chi connectivity index (χ3v) is 2.16. The Hall–Kier alpha value is -2.09. The number of hydrogen-bond acceptors (Lipinski definition) is 4. The van der Waals surface area contributed by atoms with Crippen molar-refractivity contribution < 1.29 is 18.7 Å². The molecule has 1 aromatic carbocycles. The van der Waals surface area contributed by atoms with Gasteiger partial charge in [0.25, 0.3) is 0 Å². The molecule has 17 heavy (non-hydrogen) atoms. The summed E-state index contributed by atoms with van der Waals surface area (Å²) < 4.78 is 23.4. The minimum Gasteiger partial charge on any atom is -0.495 e. The zero-order valence-corrected chi connectivity index (χ0v) is 9.62. The second kappa shape index (κ2) is 5.85. The molecule has 0 N–H and O–H groups in total. The van der Waals surface area contributed by atoms with E-state index in [1.165, 1.54) is 19.2 Å². The molecule has 0 atom stereocenters. The summed E-state index contributed by atoms with van der Waals surface area (Å²) in [4.78, 5) is 11.2. The van der Waals surface area contributed by atoms with E-state index in [9.17, 15) is 9.18 Å². The van der Waals surface area contributed by atoms with Gasteiger partial charge in [0.1, 0.15) is 23.2 Å². The van der Waals surface area contributed by atoms with Crippen LogP contribution in [0.25, 0.3) is 0 Å². The van der Waals surface area contributed by atoms with Gasteiger partial charge in [0, 0.05) is 5.56 Å². The Labute approximate surface area is 98.6 Å². The highest BCUT2D eigenvalue weighted by atomic mass is 19.1. The van der Waals surface area contributed by atoms with Crippen molar-refractivity contribution in [2.75, 3.05) is 13.7 Å². The highest BCUT2D eigenvalue weighted by Crippen LogP contribution is 2.23. The van der Waals surface area contributed by atoms with Gasteiger partial charge in [0.15, 0.2) is 0 Å². The van der Waals surface area contributed by atoms with E-state index in [0.717, 1.165) is 0 Å². The predicted molar refractivity (Wildman–Crippen MR) is 58.0 cm³/mol. The van der Waals surface area contributed by atoms with E-state index in [4.69, 9.17) is 14.7 Å². The van der Waals surface area contributed by atoms with Gasteiger partial charge < -0.3 is 9.47 Å². The van der Waals surface area contributed by atoms with Crippen molar-refractivity contribution in [1.29, 1.82) is 5.26 Å². The Morgan fingerprint density at radius 3 is 2.76 bits per heavy atom. The van der Waals surface area contributed by atoms with E-state index >= 15 is 0 Å². The van der Waals surface area contributed by atoms with Crippen LogP contribution in [0.1, 0.15) is 18.1 Å². The number of hydrogen-bond donors (Lipinski definition) is 0. The molecule has 0 aliphatic heterocycles. The number of methoxy groups -OCH3 is 1. The van der Waals surface area contributed by atoms with Gasteiger partial charge in [-0.15, -0.1) is 0 Å². The summed E-state index contributed by atoms with van der Waals surface area (Å²) in [5.74, 6) is -1.11. The normalized spacial score (nSPS) is 9.53. The maximum Gasteiger partial charge on any atom is 0.310 e. The Morgan fingerprint density at radius 2 is 2.24 bits per heavy atom. The molecule has 0 heterocycles. The number of rotatable bonds is 4. The van der Waals surface area contributed by atoms with Crippen LogP contribution in [0.2, 0.25) is 0 Å². The van der Waals surface area contributed by atoms with Crippen molar-refractivity contribution >= 4 is 5.97 Å². The first-order valence-electron chi connectivity index (χ1n) is 5.05. The molecule has 0 amide bonds. The largest absolute Gasteiger partial charge is 0.495 e. The molecular formula is C12H12FNO3. The van der Waals surface area contributed by atoms with Gasteiger partial charge in [-0.3, -0.25) is 4.79 Å². The molecule has 0 aliphatic carbocycles. The summed E-state index contributed by atoms with van der Waals surface area (Å²) in [5, 5.41) is 8.81. The first-order valence-corrected chi connectivity index (χ1v) is 5.05. The first kappa shape index (κ1) is 13.0. The SMILES string of the molecule is CCOC(=O)Cc1ccc(OC)c(C#N)c1F. The third-order valence-electron chi connectivity index (χ3n) is 2.16. The van der Waals surface area contributed by atoms with Crippen LogP contribution in [-0.4, -0.2) is 19.7 Å². The van der Waals surface area contributed by atoms with Crippen molar-refractivity contribution in [3.63, 3.8) is 0 Å². The number of ether oxygens (including phenoxy) is 2. The Kier molecular flexibility index (Phi) is 4.46. The smallest absolute Gasteiger partial charge is 0.310 e. The fourth-order valence-electron chi connectivity index (χ4n) is 1.38. The van der Waals surface area contributed by atoms with Crippen LogP contribution >= 0.6 is 0 Å². The minimum atomic E-state index is -0.736. The van der Waals surface area contributed by atoms with Gasteiger partial charge >= 0.3 is 5.97 Å². The number of esters is 1. The van der Waals surface area contributed by atoms with E-state index in [2.05, 4.69) is 0 Å². The van der Waals surface area contributed by atoms with Crippen LogP contribution in [0.4, 0.5) is 4.39 Å². The fourth-order valence-corrected chi connectivity index (χ4v) is 1.38. The summed E-state index contributed by atoms with van der Waals surface area (Å²) in [7, 11) is 1.35. The van der Waals surface area contributed by atoms with Gasteiger partial charge in [0.05, 0.1) is 20.1 Å². The molecule has 0 radical (unpaired) electrons. The highest BCUT2D eigenvalue weighted by molar-refractivity contribution is 5.73. The Morgan fingerprint density at radius 1 is 1.53 bits per heavy atom. The zero-order chi connectivity index (χ0) is 12.8. The number of halogens is 1. The molecule has 0 saturated carbocycles. The molecule has 0 saturated heterocycles. The number of nitriles is 1. The molecule has 0 bridgehead atoms. The Balaban J connectivity index is 3.04. The van der Waals surface area contributed by atoms with E-state index in [0.29, 0.717) is 0 Å². The van der Waals surface area contributed by atoms with E-state index in [-0.39, 0.29) is 29.9 Å². The molecule has 0 aliphatic rings. The number of carbonyl (C=O) groups excluding carboxylic acids is 1. The maximum absolute atomic E-state index is 13.8. The predicted octanol–water partition coefficient (Wildman–Crippen LogP) is 1.81. The van der Waals surface area contributed by atoms with Gasteiger partial charge in [-0.05, 0) is 13.0 Å². The summed E-state index contributed by atoms with van der Waals surface area (Å²) >= 11 is 0. The molecule has 0 unspecified atom stereocenters. The minimum absolute atomic E-state index is 0.126. The van der Waals surface area contributed by atoms with Crippen LogP contribution in [0.15, 0.2) is 12.1 Å². The van der Waals surface area contributed by atoms with Crippen LogP contribution < -0.4 is 4.74 Å². The lowest BCUT2D eigenvalue weighted by atomic mass is 10.1. The summed E-state index contributed by atoms with van der Waals surface area (Å²) in [6.45, 7) is 1.91. The summed E-state index contributed by atoms with van der Waals surface area (Å²) in [6, 6.07) is 4.57. The molecule has 90 valence electrons. The third kappa shape index (κ3) is 2.94. The van der Waals surface area contributed by atoms with Gasteiger partial charge in [-0.1, -0.05) is 6.07 Å². The quantitative estimate of drug-likeness (QED) is 0.749. The molecule has 4 nitrogen and oxygen atoms in total. The van der Waals surface area contributed by atoms with Crippen LogP contribution in [0.5, 0.6) is 5.75 Å². The van der Waals surface area contributed by atoms with Crippen molar-refractivity contribution in [3.05, 3.63) is 29.1 Å². The molecule has 1 aromatic rings. The van der Waals surface area contributed by atoms with Gasteiger partial charge in [0.2, 0.25) is 0 Å². The monoisotopic (exact) mass is 237 g/mol. The van der Waals surface area contributed by atoms with E-state index in [1.54, 1.807) is 13.0 Å².